The summed E-state index contributed by atoms with van der Waals surface area (Å²) >= 11 is 0. The first kappa shape index (κ1) is 13.5. The van der Waals surface area contributed by atoms with Crippen molar-refractivity contribution in [1.82, 2.24) is 4.90 Å². The average molecular weight is 228 g/mol. The van der Waals surface area contributed by atoms with E-state index in [9.17, 15) is 14.8 Å². The lowest BCUT2D eigenvalue weighted by atomic mass is 9.77. The molecule has 0 aromatic heterocycles. The molecule has 0 bridgehead atoms. The number of carbonyl (C=O) groups excluding carboxylic acids is 1. The highest BCUT2D eigenvalue weighted by molar-refractivity contribution is 6.43. The van der Waals surface area contributed by atoms with Gasteiger partial charge >= 0.3 is 7.12 Å². The highest BCUT2D eigenvalue weighted by atomic mass is 16.4. The van der Waals surface area contributed by atoms with Gasteiger partial charge in [-0.3, -0.25) is 4.79 Å². The zero-order valence-electron chi connectivity index (χ0n) is 10.2. The molecule has 0 radical (unpaired) electrons. The summed E-state index contributed by atoms with van der Waals surface area (Å²) < 4.78 is 0. The van der Waals surface area contributed by atoms with Crippen LogP contribution in [-0.2, 0) is 4.79 Å². The summed E-state index contributed by atoms with van der Waals surface area (Å²) in [4.78, 5) is 13.6. The van der Waals surface area contributed by atoms with Gasteiger partial charge in [-0.2, -0.15) is 0 Å². The summed E-state index contributed by atoms with van der Waals surface area (Å²) in [5.41, 5.74) is 5.57. The van der Waals surface area contributed by atoms with Crippen molar-refractivity contribution in [3.8, 4) is 0 Å². The first-order chi connectivity index (χ1) is 7.25. The smallest absolute Gasteiger partial charge is 0.426 e. The molecule has 1 aliphatic rings. The Morgan fingerprint density at radius 1 is 1.50 bits per heavy atom. The molecule has 6 heteroatoms. The van der Waals surface area contributed by atoms with Crippen molar-refractivity contribution in [2.75, 3.05) is 6.54 Å². The molecule has 92 valence electrons. The average Bonchev–Trinajstić information content (AvgIpc) is 2.62. The quantitative estimate of drug-likeness (QED) is 0.549. The second kappa shape index (κ2) is 4.73. The van der Waals surface area contributed by atoms with Gasteiger partial charge in [0.05, 0.1) is 12.0 Å². The minimum Gasteiger partial charge on any atom is -0.426 e. The Morgan fingerprint density at radius 2 is 2.06 bits per heavy atom. The Labute approximate surface area is 96.8 Å². The Bertz CT molecular complexity index is 265. The number of nitrogens with two attached hydrogens (primary N) is 1. The molecule has 1 saturated heterocycles. The third kappa shape index (κ3) is 2.75. The molecule has 1 rings (SSSR count). The van der Waals surface area contributed by atoms with Gasteiger partial charge in [-0.15, -0.1) is 0 Å². The minimum absolute atomic E-state index is 0.192. The number of amides is 1. The van der Waals surface area contributed by atoms with Crippen molar-refractivity contribution in [1.29, 1.82) is 0 Å². The van der Waals surface area contributed by atoms with Crippen LogP contribution < -0.4 is 5.73 Å². The summed E-state index contributed by atoms with van der Waals surface area (Å²) in [5, 5.41) is 18.4. The number of likely N-dealkylation sites (tertiary alicyclic amines) is 1. The molecule has 0 spiro atoms. The van der Waals surface area contributed by atoms with Gasteiger partial charge in [0.25, 0.3) is 0 Å². The maximum atomic E-state index is 12.1. The lowest BCUT2D eigenvalue weighted by Crippen LogP contribution is -2.55. The van der Waals surface area contributed by atoms with E-state index in [1.165, 1.54) is 4.90 Å². The van der Waals surface area contributed by atoms with E-state index >= 15 is 0 Å². The van der Waals surface area contributed by atoms with E-state index in [0.717, 1.165) is 6.42 Å². The lowest BCUT2D eigenvalue weighted by molar-refractivity contribution is -0.134. The van der Waals surface area contributed by atoms with Crippen molar-refractivity contribution < 1.29 is 14.8 Å². The van der Waals surface area contributed by atoms with Gasteiger partial charge in [-0.25, -0.2) is 0 Å². The van der Waals surface area contributed by atoms with Crippen LogP contribution in [0.1, 0.15) is 33.6 Å². The fourth-order valence-corrected chi connectivity index (χ4v) is 1.93. The molecule has 0 saturated carbocycles. The maximum Gasteiger partial charge on any atom is 0.475 e. The predicted molar refractivity (Wildman–Crippen MR) is 62.4 cm³/mol. The van der Waals surface area contributed by atoms with Gasteiger partial charge < -0.3 is 20.7 Å². The van der Waals surface area contributed by atoms with Crippen LogP contribution in [0.2, 0.25) is 0 Å². The fraction of sp³-hybridized carbons (Fsp3) is 0.900. The van der Waals surface area contributed by atoms with E-state index in [-0.39, 0.29) is 11.3 Å². The van der Waals surface area contributed by atoms with Crippen LogP contribution in [0.4, 0.5) is 0 Å². The standard InChI is InChI=1S/C10H21BN2O3/c1-10(2,3)8(12)9(14)13-6-4-5-7(13)11(15)16/h7-8,15-16H,4-6,12H2,1-3H3. The number of hydrogen-bond donors (Lipinski definition) is 3. The molecule has 2 unspecified atom stereocenters. The zero-order valence-corrected chi connectivity index (χ0v) is 10.2. The van der Waals surface area contributed by atoms with E-state index in [2.05, 4.69) is 0 Å². The van der Waals surface area contributed by atoms with Crippen molar-refractivity contribution in [2.24, 2.45) is 11.1 Å². The summed E-state index contributed by atoms with van der Waals surface area (Å²) in [6.07, 6.45) is 1.42. The Kier molecular flexibility index (Phi) is 3.99. The first-order valence-electron chi connectivity index (χ1n) is 5.67. The number of rotatable bonds is 2. The number of carbonyl (C=O) groups is 1. The Balaban J connectivity index is 2.74. The van der Waals surface area contributed by atoms with Crippen molar-refractivity contribution >= 4 is 13.0 Å². The summed E-state index contributed by atoms with van der Waals surface area (Å²) in [5.74, 6) is -0.691. The largest absolute Gasteiger partial charge is 0.475 e. The highest BCUT2D eigenvalue weighted by Crippen LogP contribution is 2.24. The second-order valence-electron chi connectivity index (χ2n) is 5.50. The Hall–Kier alpha value is -0.585. The van der Waals surface area contributed by atoms with Gasteiger partial charge in [-0.05, 0) is 18.3 Å². The van der Waals surface area contributed by atoms with Crippen molar-refractivity contribution in [3.63, 3.8) is 0 Å². The van der Waals surface area contributed by atoms with Crippen LogP contribution in [0.5, 0.6) is 0 Å². The maximum absolute atomic E-state index is 12.1. The molecule has 16 heavy (non-hydrogen) atoms. The Morgan fingerprint density at radius 3 is 2.50 bits per heavy atom. The van der Waals surface area contributed by atoms with Crippen LogP contribution >= 0.6 is 0 Å². The molecular formula is C10H21BN2O3. The molecule has 0 aromatic carbocycles. The first-order valence-corrected chi connectivity index (χ1v) is 5.67. The molecule has 1 aliphatic heterocycles. The molecule has 5 nitrogen and oxygen atoms in total. The van der Waals surface area contributed by atoms with Crippen molar-refractivity contribution in [3.05, 3.63) is 0 Å². The number of hydrogen-bond acceptors (Lipinski definition) is 4. The van der Waals surface area contributed by atoms with Gasteiger partial charge in [0.1, 0.15) is 0 Å². The second-order valence-corrected chi connectivity index (χ2v) is 5.50. The zero-order chi connectivity index (χ0) is 12.5. The van der Waals surface area contributed by atoms with Gasteiger partial charge in [0.15, 0.2) is 0 Å². The predicted octanol–water partition coefficient (Wildman–Crippen LogP) is -0.637. The van der Waals surface area contributed by atoms with Crippen LogP contribution in [0.25, 0.3) is 0 Å². The topological polar surface area (TPSA) is 86.8 Å². The molecule has 0 aliphatic carbocycles. The molecule has 1 fully saturated rings. The SMILES string of the molecule is CC(C)(C)C(N)C(=O)N1CCCC1B(O)O. The molecular weight excluding hydrogens is 207 g/mol. The van der Waals surface area contributed by atoms with Gasteiger partial charge in [0.2, 0.25) is 5.91 Å². The summed E-state index contributed by atoms with van der Waals surface area (Å²) in [6, 6.07) is -0.605. The fourth-order valence-electron chi connectivity index (χ4n) is 1.93. The molecule has 1 heterocycles. The summed E-state index contributed by atoms with van der Waals surface area (Å²) in [6.45, 7) is 6.26. The molecule has 0 aromatic rings. The lowest BCUT2D eigenvalue weighted by Gasteiger charge is -2.32. The van der Waals surface area contributed by atoms with E-state index in [0.29, 0.717) is 13.0 Å². The molecule has 2 atom stereocenters. The van der Waals surface area contributed by atoms with E-state index in [1.54, 1.807) is 0 Å². The van der Waals surface area contributed by atoms with Crippen LogP contribution in [0.15, 0.2) is 0 Å². The highest BCUT2D eigenvalue weighted by Gasteiger charge is 2.40. The van der Waals surface area contributed by atoms with Crippen LogP contribution in [-0.4, -0.2) is 46.5 Å². The monoisotopic (exact) mass is 228 g/mol. The van der Waals surface area contributed by atoms with Crippen LogP contribution in [0, 0.1) is 5.41 Å². The summed E-state index contributed by atoms with van der Waals surface area (Å²) in [7, 11) is -1.47. The third-order valence-corrected chi connectivity index (χ3v) is 3.13. The minimum atomic E-state index is -1.47. The molecule has 4 N–H and O–H groups in total. The van der Waals surface area contributed by atoms with Crippen LogP contribution in [0.3, 0.4) is 0 Å². The number of nitrogens with zero attached hydrogens (tertiary/aromatic N) is 1. The third-order valence-electron chi connectivity index (χ3n) is 3.13. The molecule has 1 amide bonds. The van der Waals surface area contributed by atoms with E-state index < -0.39 is 19.1 Å². The van der Waals surface area contributed by atoms with E-state index in [4.69, 9.17) is 5.73 Å². The van der Waals surface area contributed by atoms with E-state index in [1.807, 2.05) is 20.8 Å². The van der Waals surface area contributed by atoms with Crippen molar-refractivity contribution in [2.45, 2.75) is 45.6 Å². The normalized spacial score (nSPS) is 23.4. The van der Waals surface area contributed by atoms with Gasteiger partial charge in [-0.1, -0.05) is 20.8 Å². The van der Waals surface area contributed by atoms with Gasteiger partial charge in [0, 0.05) is 6.54 Å².